The number of aliphatic hydroxyl groups excluding tert-OH is 2. The highest BCUT2D eigenvalue weighted by Gasteiger charge is 2.23. The Balaban J connectivity index is 2.22. The normalized spacial score (nSPS) is 25.9. The van der Waals surface area contributed by atoms with E-state index in [1.54, 1.807) is 0 Å². The SMILES string of the molecule is C[C@H](O)CN1CCN(CCCCO)C[C@H]1C. The lowest BCUT2D eigenvalue weighted by atomic mass is 10.1. The van der Waals surface area contributed by atoms with Gasteiger partial charge in [0.05, 0.1) is 6.10 Å². The monoisotopic (exact) mass is 230 g/mol. The molecule has 0 saturated carbocycles. The maximum Gasteiger partial charge on any atom is 0.0639 e. The third-order valence-electron chi connectivity index (χ3n) is 3.23. The molecule has 1 fully saturated rings. The Kier molecular flexibility index (Phi) is 6.28. The molecule has 96 valence electrons. The Morgan fingerprint density at radius 1 is 1.31 bits per heavy atom. The van der Waals surface area contributed by atoms with Crippen molar-refractivity contribution in [3.8, 4) is 0 Å². The second kappa shape index (κ2) is 7.22. The van der Waals surface area contributed by atoms with Gasteiger partial charge in [0.1, 0.15) is 0 Å². The summed E-state index contributed by atoms with van der Waals surface area (Å²) in [6, 6.07) is 0.525. The number of hydrogen-bond acceptors (Lipinski definition) is 4. The molecule has 0 aromatic heterocycles. The van der Waals surface area contributed by atoms with Crippen LogP contribution in [0.1, 0.15) is 26.7 Å². The number of unbranched alkanes of at least 4 members (excludes halogenated alkanes) is 1. The number of rotatable bonds is 6. The second-order valence-corrected chi connectivity index (χ2v) is 4.92. The average Bonchev–Trinajstić information content (AvgIpc) is 2.22. The minimum absolute atomic E-state index is 0.233. The number of aliphatic hydroxyl groups is 2. The van der Waals surface area contributed by atoms with E-state index in [-0.39, 0.29) is 6.10 Å². The van der Waals surface area contributed by atoms with Crippen molar-refractivity contribution >= 4 is 0 Å². The minimum atomic E-state index is -0.233. The van der Waals surface area contributed by atoms with E-state index < -0.39 is 0 Å². The first-order valence-corrected chi connectivity index (χ1v) is 6.38. The highest BCUT2D eigenvalue weighted by molar-refractivity contribution is 4.79. The van der Waals surface area contributed by atoms with Crippen molar-refractivity contribution in [1.82, 2.24) is 9.80 Å². The van der Waals surface area contributed by atoms with Crippen LogP contribution in [0, 0.1) is 0 Å². The lowest BCUT2D eigenvalue weighted by Crippen LogP contribution is -2.53. The fraction of sp³-hybridized carbons (Fsp3) is 1.00. The first-order valence-electron chi connectivity index (χ1n) is 6.38. The van der Waals surface area contributed by atoms with E-state index in [4.69, 9.17) is 5.11 Å². The molecule has 0 amide bonds. The molecule has 1 heterocycles. The van der Waals surface area contributed by atoms with Crippen LogP contribution < -0.4 is 0 Å². The number of hydrogen-bond donors (Lipinski definition) is 2. The Hall–Kier alpha value is -0.160. The molecule has 0 bridgehead atoms. The van der Waals surface area contributed by atoms with Crippen molar-refractivity contribution in [3.05, 3.63) is 0 Å². The lowest BCUT2D eigenvalue weighted by molar-refractivity contribution is 0.0442. The largest absolute Gasteiger partial charge is 0.396 e. The molecule has 0 spiro atoms. The smallest absolute Gasteiger partial charge is 0.0639 e. The Labute approximate surface area is 98.9 Å². The molecule has 2 N–H and O–H groups in total. The summed E-state index contributed by atoms with van der Waals surface area (Å²) in [4.78, 5) is 4.81. The molecule has 1 aliphatic heterocycles. The second-order valence-electron chi connectivity index (χ2n) is 4.92. The van der Waals surface area contributed by atoms with Crippen molar-refractivity contribution in [1.29, 1.82) is 0 Å². The van der Waals surface area contributed by atoms with Crippen molar-refractivity contribution < 1.29 is 10.2 Å². The third kappa shape index (κ3) is 4.78. The summed E-state index contributed by atoms with van der Waals surface area (Å²) in [7, 11) is 0. The van der Waals surface area contributed by atoms with Crippen molar-refractivity contribution in [2.75, 3.05) is 39.3 Å². The summed E-state index contributed by atoms with van der Waals surface area (Å²) >= 11 is 0. The first kappa shape index (κ1) is 13.9. The quantitative estimate of drug-likeness (QED) is 0.638. The van der Waals surface area contributed by atoms with Crippen molar-refractivity contribution in [2.45, 2.75) is 38.8 Å². The van der Waals surface area contributed by atoms with Crippen LogP contribution in [-0.2, 0) is 0 Å². The van der Waals surface area contributed by atoms with Crippen LogP contribution in [0.15, 0.2) is 0 Å². The molecule has 2 atom stereocenters. The standard InChI is InChI=1S/C12H26N2O2/c1-11-9-13(5-3-4-8-15)6-7-14(11)10-12(2)16/h11-12,15-16H,3-10H2,1-2H3/t11-,12+/m1/s1. The Bertz CT molecular complexity index is 188. The van der Waals surface area contributed by atoms with Crippen LogP contribution in [0.4, 0.5) is 0 Å². The molecule has 0 radical (unpaired) electrons. The first-order chi connectivity index (χ1) is 7.63. The molecule has 1 saturated heterocycles. The van der Waals surface area contributed by atoms with Gasteiger partial charge in [-0.1, -0.05) is 0 Å². The summed E-state index contributed by atoms with van der Waals surface area (Å²) in [6.07, 6.45) is 1.76. The molecule has 0 aliphatic carbocycles. The van der Waals surface area contributed by atoms with Gasteiger partial charge in [-0.15, -0.1) is 0 Å². The molecule has 4 nitrogen and oxygen atoms in total. The Morgan fingerprint density at radius 2 is 2.06 bits per heavy atom. The molecule has 0 aromatic rings. The highest BCUT2D eigenvalue weighted by Crippen LogP contribution is 2.10. The van der Waals surface area contributed by atoms with Gasteiger partial charge < -0.3 is 15.1 Å². The van der Waals surface area contributed by atoms with Crippen LogP contribution in [0.2, 0.25) is 0 Å². The molecule has 0 unspecified atom stereocenters. The summed E-state index contributed by atoms with van der Waals surface area (Å²) < 4.78 is 0. The number of nitrogens with zero attached hydrogens (tertiary/aromatic N) is 2. The van der Waals surface area contributed by atoms with Gasteiger partial charge in [-0.25, -0.2) is 0 Å². The third-order valence-corrected chi connectivity index (χ3v) is 3.23. The van der Waals surface area contributed by atoms with E-state index in [1.165, 1.54) is 0 Å². The van der Waals surface area contributed by atoms with Crippen LogP contribution in [0.5, 0.6) is 0 Å². The molecule has 16 heavy (non-hydrogen) atoms. The van der Waals surface area contributed by atoms with Crippen LogP contribution in [0.3, 0.4) is 0 Å². The number of piperazine rings is 1. The fourth-order valence-electron chi connectivity index (χ4n) is 2.33. The number of β-amino-alcohol motifs (C(OH)–C–C–N with tert-alkyl or cyclic N) is 1. The Morgan fingerprint density at radius 3 is 2.62 bits per heavy atom. The maximum absolute atomic E-state index is 9.38. The van der Waals surface area contributed by atoms with Gasteiger partial charge in [-0.05, 0) is 33.2 Å². The summed E-state index contributed by atoms with van der Waals surface area (Å²) in [5.74, 6) is 0. The van der Waals surface area contributed by atoms with Gasteiger partial charge in [-0.3, -0.25) is 4.90 Å². The van der Waals surface area contributed by atoms with Crippen LogP contribution in [0.25, 0.3) is 0 Å². The summed E-state index contributed by atoms with van der Waals surface area (Å²) in [5, 5.41) is 18.1. The minimum Gasteiger partial charge on any atom is -0.396 e. The van der Waals surface area contributed by atoms with E-state index in [1.807, 2.05) is 6.92 Å². The van der Waals surface area contributed by atoms with Gasteiger partial charge in [-0.2, -0.15) is 0 Å². The van der Waals surface area contributed by atoms with Gasteiger partial charge in [0.25, 0.3) is 0 Å². The molecule has 1 aliphatic rings. The summed E-state index contributed by atoms with van der Waals surface area (Å²) in [6.45, 7) is 9.46. The van der Waals surface area contributed by atoms with Gasteiger partial charge in [0.15, 0.2) is 0 Å². The van der Waals surface area contributed by atoms with Gasteiger partial charge in [0.2, 0.25) is 0 Å². The zero-order chi connectivity index (χ0) is 12.0. The predicted molar refractivity (Wildman–Crippen MR) is 65.5 cm³/mol. The predicted octanol–water partition coefficient (Wildman–Crippen LogP) is 0.146. The zero-order valence-electron chi connectivity index (χ0n) is 10.6. The maximum atomic E-state index is 9.38. The highest BCUT2D eigenvalue weighted by atomic mass is 16.3. The molecule has 1 rings (SSSR count). The zero-order valence-corrected chi connectivity index (χ0v) is 10.6. The molecular weight excluding hydrogens is 204 g/mol. The van der Waals surface area contributed by atoms with E-state index >= 15 is 0 Å². The summed E-state index contributed by atoms with van der Waals surface area (Å²) in [5.41, 5.74) is 0. The fourth-order valence-corrected chi connectivity index (χ4v) is 2.33. The van der Waals surface area contributed by atoms with Crippen LogP contribution in [-0.4, -0.2) is 71.5 Å². The molecular formula is C12H26N2O2. The van der Waals surface area contributed by atoms with Crippen molar-refractivity contribution in [3.63, 3.8) is 0 Å². The van der Waals surface area contributed by atoms with E-state index in [0.717, 1.165) is 45.6 Å². The van der Waals surface area contributed by atoms with E-state index in [0.29, 0.717) is 12.6 Å². The van der Waals surface area contributed by atoms with Crippen LogP contribution >= 0.6 is 0 Å². The van der Waals surface area contributed by atoms with Gasteiger partial charge in [0, 0.05) is 38.8 Å². The lowest BCUT2D eigenvalue weighted by Gasteiger charge is -2.40. The van der Waals surface area contributed by atoms with E-state index in [9.17, 15) is 5.11 Å². The topological polar surface area (TPSA) is 46.9 Å². The van der Waals surface area contributed by atoms with Crippen molar-refractivity contribution in [2.24, 2.45) is 0 Å². The molecule has 4 heteroatoms. The molecule has 0 aromatic carbocycles. The van der Waals surface area contributed by atoms with Gasteiger partial charge >= 0.3 is 0 Å². The van der Waals surface area contributed by atoms with E-state index in [2.05, 4.69) is 16.7 Å². The average molecular weight is 230 g/mol.